The fourth-order valence-corrected chi connectivity index (χ4v) is 2.11. The fourth-order valence-electron chi connectivity index (χ4n) is 2.11. The molecular weight excluding hydrogens is 290 g/mol. The average molecular weight is 311 g/mol. The third kappa shape index (κ3) is 4.18. The molecule has 1 aliphatic rings. The first-order valence-corrected chi connectivity index (χ1v) is 7.75. The molecule has 2 aromatic heterocycles. The Morgan fingerprint density at radius 2 is 2.00 bits per heavy atom. The predicted molar refractivity (Wildman–Crippen MR) is 90.6 cm³/mol. The summed E-state index contributed by atoms with van der Waals surface area (Å²) < 4.78 is 0. The first-order valence-electron chi connectivity index (χ1n) is 7.75. The summed E-state index contributed by atoms with van der Waals surface area (Å²) in [7, 11) is 3.93. The smallest absolute Gasteiger partial charge is 0.253 e. The summed E-state index contributed by atoms with van der Waals surface area (Å²) in [6.07, 6.45) is 5.62. The van der Waals surface area contributed by atoms with E-state index >= 15 is 0 Å². The van der Waals surface area contributed by atoms with Crippen molar-refractivity contribution in [2.24, 2.45) is 0 Å². The minimum absolute atomic E-state index is 0.0463. The topological polar surface area (TPSA) is 70.2 Å². The Balaban J connectivity index is 1.54. The van der Waals surface area contributed by atoms with Crippen molar-refractivity contribution < 1.29 is 4.79 Å². The first-order chi connectivity index (χ1) is 11.1. The van der Waals surface area contributed by atoms with Gasteiger partial charge in [-0.1, -0.05) is 6.07 Å². The zero-order valence-corrected chi connectivity index (χ0v) is 13.4. The van der Waals surface area contributed by atoms with Gasteiger partial charge in [-0.15, -0.1) is 0 Å². The molecule has 1 aliphatic carbocycles. The molecule has 3 rings (SSSR count). The van der Waals surface area contributed by atoms with E-state index in [0.29, 0.717) is 18.2 Å². The molecular formula is C17H21N5O. The molecule has 1 fully saturated rings. The summed E-state index contributed by atoms with van der Waals surface area (Å²) in [5.41, 5.74) is 1.67. The van der Waals surface area contributed by atoms with Crippen molar-refractivity contribution in [1.29, 1.82) is 0 Å². The monoisotopic (exact) mass is 311 g/mol. The molecule has 1 amide bonds. The molecule has 0 spiro atoms. The Morgan fingerprint density at radius 3 is 2.57 bits per heavy atom. The number of anilines is 2. The average Bonchev–Trinajstić information content (AvgIpc) is 3.37. The lowest BCUT2D eigenvalue weighted by Gasteiger charge is -2.11. The number of aromatic nitrogens is 2. The second-order valence-corrected chi connectivity index (χ2v) is 5.95. The van der Waals surface area contributed by atoms with E-state index in [-0.39, 0.29) is 5.91 Å². The van der Waals surface area contributed by atoms with Crippen molar-refractivity contribution in [3.05, 3.63) is 47.8 Å². The number of amides is 1. The SMILES string of the molecule is CN(C)c1ccc(CNc2ccc(C(=O)NC3CC3)cn2)cn1. The van der Waals surface area contributed by atoms with Crippen LogP contribution in [0.4, 0.5) is 11.6 Å². The molecule has 0 saturated heterocycles. The van der Waals surface area contributed by atoms with Gasteiger partial charge in [0, 0.05) is 39.1 Å². The maximum Gasteiger partial charge on any atom is 0.253 e. The third-order valence-corrected chi connectivity index (χ3v) is 3.68. The van der Waals surface area contributed by atoms with Crippen LogP contribution in [0, 0.1) is 0 Å². The highest BCUT2D eigenvalue weighted by Gasteiger charge is 2.23. The van der Waals surface area contributed by atoms with Gasteiger partial charge in [-0.3, -0.25) is 4.79 Å². The Labute approximate surface area is 135 Å². The molecule has 2 aromatic rings. The van der Waals surface area contributed by atoms with Gasteiger partial charge < -0.3 is 15.5 Å². The summed E-state index contributed by atoms with van der Waals surface area (Å²) >= 11 is 0. The summed E-state index contributed by atoms with van der Waals surface area (Å²) in [5.74, 6) is 1.62. The van der Waals surface area contributed by atoms with Crippen LogP contribution in [0.2, 0.25) is 0 Å². The lowest BCUT2D eigenvalue weighted by Crippen LogP contribution is -2.25. The number of nitrogens with zero attached hydrogens (tertiary/aromatic N) is 3. The van der Waals surface area contributed by atoms with Crippen LogP contribution in [-0.4, -0.2) is 36.0 Å². The number of nitrogens with one attached hydrogen (secondary N) is 2. The maximum atomic E-state index is 11.9. The highest BCUT2D eigenvalue weighted by molar-refractivity contribution is 5.94. The summed E-state index contributed by atoms with van der Waals surface area (Å²) in [5, 5.41) is 6.18. The Morgan fingerprint density at radius 1 is 1.17 bits per heavy atom. The number of carbonyl (C=O) groups excluding carboxylic acids is 1. The Bertz CT molecular complexity index is 662. The maximum absolute atomic E-state index is 11.9. The van der Waals surface area contributed by atoms with Gasteiger partial charge in [0.25, 0.3) is 5.91 Å². The third-order valence-electron chi connectivity index (χ3n) is 3.68. The van der Waals surface area contributed by atoms with E-state index < -0.39 is 0 Å². The zero-order valence-electron chi connectivity index (χ0n) is 13.4. The second-order valence-electron chi connectivity index (χ2n) is 5.95. The van der Waals surface area contributed by atoms with Gasteiger partial charge in [0.05, 0.1) is 5.56 Å². The van der Waals surface area contributed by atoms with Crippen molar-refractivity contribution in [2.45, 2.75) is 25.4 Å². The summed E-state index contributed by atoms with van der Waals surface area (Å²) in [6, 6.07) is 7.99. The van der Waals surface area contributed by atoms with Crippen molar-refractivity contribution in [2.75, 3.05) is 24.3 Å². The van der Waals surface area contributed by atoms with Crippen LogP contribution in [0.5, 0.6) is 0 Å². The second kappa shape index (κ2) is 6.64. The van der Waals surface area contributed by atoms with Crippen molar-refractivity contribution in [1.82, 2.24) is 15.3 Å². The highest BCUT2D eigenvalue weighted by Crippen LogP contribution is 2.19. The van der Waals surface area contributed by atoms with Crippen LogP contribution >= 0.6 is 0 Å². The van der Waals surface area contributed by atoms with Crippen molar-refractivity contribution >= 4 is 17.5 Å². The number of carbonyl (C=O) groups is 1. The molecule has 23 heavy (non-hydrogen) atoms. The van der Waals surface area contributed by atoms with E-state index in [9.17, 15) is 4.79 Å². The van der Waals surface area contributed by atoms with Crippen LogP contribution in [0.3, 0.4) is 0 Å². The molecule has 2 heterocycles. The normalized spacial score (nSPS) is 13.5. The fraction of sp³-hybridized carbons (Fsp3) is 0.353. The summed E-state index contributed by atoms with van der Waals surface area (Å²) in [6.45, 7) is 0.640. The van der Waals surface area contributed by atoms with Gasteiger partial charge in [-0.2, -0.15) is 0 Å². The molecule has 0 aromatic carbocycles. The molecule has 6 nitrogen and oxygen atoms in total. The minimum atomic E-state index is -0.0463. The predicted octanol–water partition coefficient (Wildman–Crippen LogP) is 2.05. The molecule has 0 atom stereocenters. The van der Waals surface area contributed by atoms with E-state index in [2.05, 4.69) is 20.6 Å². The van der Waals surface area contributed by atoms with E-state index in [1.54, 1.807) is 12.3 Å². The van der Waals surface area contributed by atoms with Crippen molar-refractivity contribution in [3.8, 4) is 0 Å². The quantitative estimate of drug-likeness (QED) is 0.854. The Kier molecular flexibility index (Phi) is 4.41. The molecule has 2 N–H and O–H groups in total. The van der Waals surface area contributed by atoms with Crippen LogP contribution in [0.1, 0.15) is 28.8 Å². The lowest BCUT2D eigenvalue weighted by molar-refractivity contribution is 0.0951. The zero-order chi connectivity index (χ0) is 16.2. The number of hydrogen-bond donors (Lipinski definition) is 2. The highest BCUT2D eigenvalue weighted by atomic mass is 16.1. The molecule has 0 bridgehead atoms. The molecule has 120 valence electrons. The number of rotatable bonds is 6. The lowest BCUT2D eigenvalue weighted by atomic mass is 10.2. The van der Waals surface area contributed by atoms with E-state index in [1.807, 2.05) is 43.4 Å². The first kappa shape index (κ1) is 15.3. The van der Waals surface area contributed by atoms with Gasteiger partial charge in [0.15, 0.2) is 0 Å². The largest absolute Gasteiger partial charge is 0.366 e. The summed E-state index contributed by atoms with van der Waals surface area (Å²) in [4.78, 5) is 22.5. The van der Waals surface area contributed by atoms with Crippen LogP contribution in [-0.2, 0) is 6.54 Å². The van der Waals surface area contributed by atoms with Gasteiger partial charge in [0.2, 0.25) is 0 Å². The number of pyridine rings is 2. The molecule has 6 heteroatoms. The molecule has 0 aliphatic heterocycles. The van der Waals surface area contributed by atoms with E-state index in [1.165, 1.54) is 0 Å². The molecule has 0 unspecified atom stereocenters. The molecule has 1 saturated carbocycles. The standard InChI is InChI=1S/C17H21N5O/c1-22(2)16-8-3-12(10-20-16)9-18-15-7-4-13(11-19-15)17(23)21-14-5-6-14/h3-4,7-8,10-11,14H,5-6,9H2,1-2H3,(H,18,19)(H,21,23). The Hall–Kier alpha value is -2.63. The van der Waals surface area contributed by atoms with Crippen LogP contribution in [0.25, 0.3) is 0 Å². The van der Waals surface area contributed by atoms with Gasteiger partial charge in [0.1, 0.15) is 11.6 Å². The van der Waals surface area contributed by atoms with Crippen LogP contribution in [0.15, 0.2) is 36.7 Å². The van der Waals surface area contributed by atoms with Gasteiger partial charge in [-0.25, -0.2) is 9.97 Å². The van der Waals surface area contributed by atoms with Crippen molar-refractivity contribution in [3.63, 3.8) is 0 Å². The van der Waals surface area contributed by atoms with E-state index in [4.69, 9.17) is 0 Å². The van der Waals surface area contributed by atoms with Gasteiger partial charge in [-0.05, 0) is 36.6 Å². The minimum Gasteiger partial charge on any atom is -0.366 e. The van der Waals surface area contributed by atoms with Gasteiger partial charge >= 0.3 is 0 Å². The number of hydrogen-bond acceptors (Lipinski definition) is 5. The van der Waals surface area contributed by atoms with E-state index in [0.717, 1.165) is 30.0 Å². The molecule has 0 radical (unpaired) electrons. The van der Waals surface area contributed by atoms with Crippen LogP contribution < -0.4 is 15.5 Å².